The minimum absolute atomic E-state index is 0.145. The van der Waals surface area contributed by atoms with Gasteiger partial charge in [-0.3, -0.25) is 0 Å². The molecule has 8 aromatic carbocycles. The minimum Gasteiger partial charge on any atom is -0.333 e. The topological polar surface area (TPSA) is 8.17 Å². The highest BCUT2D eigenvalue weighted by atomic mass is 15.2. The Bertz CT molecular complexity index is 2860. The first-order chi connectivity index (χ1) is 28.7. The first-order valence-electron chi connectivity index (χ1n) is 20.2. The van der Waals surface area contributed by atoms with Gasteiger partial charge in [-0.25, -0.2) is 0 Å². The van der Waals surface area contributed by atoms with Crippen LogP contribution in [0.2, 0.25) is 0 Å². The van der Waals surface area contributed by atoms with Crippen LogP contribution >= 0.6 is 0 Å². The molecule has 11 rings (SSSR count). The monoisotopic (exact) mass is 740 g/mol. The largest absolute Gasteiger partial charge is 0.333 e. The SMILES string of the molecule is C1=CC2C(C=C1c1cc(-c3ccccc3)cc(-c3ccccc3)c1)c1ccc3c(ccn3-c3cc(-c4ccccc4)cc(-c4ccccc4)c3)c1N2c1ccccc1. The quantitative estimate of drug-likeness (QED) is 0.158. The van der Waals surface area contributed by atoms with E-state index in [-0.39, 0.29) is 12.0 Å². The molecule has 0 radical (unpaired) electrons. The van der Waals surface area contributed by atoms with Crippen molar-refractivity contribution in [2.45, 2.75) is 12.0 Å². The third-order valence-electron chi connectivity index (χ3n) is 11.9. The molecule has 0 N–H and O–H groups in total. The molecule has 2 atom stereocenters. The van der Waals surface area contributed by atoms with Crippen molar-refractivity contribution in [1.29, 1.82) is 0 Å². The molecule has 2 nitrogen and oxygen atoms in total. The lowest BCUT2D eigenvalue weighted by Gasteiger charge is -2.30. The van der Waals surface area contributed by atoms with Crippen molar-refractivity contribution in [1.82, 2.24) is 4.57 Å². The molecule has 0 spiro atoms. The van der Waals surface area contributed by atoms with Crippen LogP contribution in [0.4, 0.5) is 11.4 Å². The summed E-state index contributed by atoms with van der Waals surface area (Å²) in [5.41, 5.74) is 18.4. The maximum Gasteiger partial charge on any atom is 0.0630 e. The van der Waals surface area contributed by atoms with Crippen molar-refractivity contribution in [3.63, 3.8) is 0 Å². The van der Waals surface area contributed by atoms with Gasteiger partial charge in [-0.15, -0.1) is 0 Å². The molecule has 2 heterocycles. The second-order valence-corrected chi connectivity index (χ2v) is 15.4. The summed E-state index contributed by atoms with van der Waals surface area (Å²) >= 11 is 0. The summed E-state index contributed by atoms with van der Waals surface area (Å²) in [6.07, 6.45) is 9.56. The number of allylic oxidation sites excluding steroid dienone is 2. The molecule has 2 aliphatic rings. The fourth-order valence-electron chi connectivity index (χ4n) is 9.14. The fourth-order valence-corrected chi connectivity index (χ4v) is 9.14. The van der Waals surface area contributed by atoms with Crippen molar-refractivity contribution < 1.29 is 0 Å². The lowest BCUT2D eigenvalue weighted by molar-refractivity contribution is 0.747. The van der Waals surface area contributed by atoms with Crippen molar-refractivity contribution in [2.75, 3.05) is 4.90 Å². The van der Waals surface area contributed by atoms with Gasteiger partial charge in [-0.2, -0.15) is 0 Å². The lowest BCUT2D eigenvalue weighted by Crippen LogP contribution is -2.29. The maximum atomic E-state index is 2.57. The zero-order chi connectivity index (χ0) is 38.4. The second-order valence-electron chi connectivity index (χ2n) is 15.4. The molecule has 0 bridgehead atoms. The Labute approximate surface area is 339 Å². The summed E-state index contributed by atoms with van der Waals surface area (Å²) < 4.78 is 2.37. The number of hydrogen-bond acceptors (Lipinski definition) is 1. The van der Waals surface area contributed by atoms with Crippen LogP contribution in [0.25, 0.3) is 66.7 Å². The van der Waals surface area contributed by atoms with E-state index in [9.17, 15) is 0 Å². The lowest BCUT2D eigenvalue weighted by atomic mass is 9.84. The van der Waals surface area contributed by atoms with Crippen LogP contribution in [0.5, 0.6) is 0 Å². The molecule has 1 aliphatic carbocycles. The van der Waals surface area contributed by atoms with Crippen molar-refractivity contribution >= 4 is 27.9 Å². The van der Waals surface area contributed by atoms with Gasteiger partial charge in [0.2, 0.25) is 0 Å². The van der Waals surface area contributed by atoms with Crippen LogP contribution in [0, 0.1) is 0 Å². The number of hydrogen-bond donors (Lipinski definition) is 0. The van der Waals surface area contributed by atoms with Crippen LogP contribution in [-0.2, 0) is 0 Å². The number of anilines is 2. The Morgan fingerprint density at radius 3 is 1.36 bits per heavy atom. The number of aromatic nitrogens is 1. The van der Waals surface area contributed by atoms with Crippen molar-refractivity contribution in [3.8, 4) is 50.2 Å². The number of fused-ring (bicyclic) bond motifs is 5. The summed E-state index contributed by atoms with van der Waals surface area (Å²) in [4.78, 5) is 2.57. The van der Waals surface area contributed by atoms with E-state index >= 15 is 0 Å². The number of para-hydroxylation sites is 1. The normalized spacial score (nSPS) is 15.6. The molecule has 0 amide bonds. The summed E-state index contributed by atoms with van der Waals surface area (Å²) in [6.45, 7) is 0. The van der Waals surface area contributed by atoms with Gasteiger partial charge in [0.25, 0.3) is 0 Å². The zero-order valence-electron chi connectivity index (χ0n) is 32.0. The first-order valence-corrected chi connectivity index (χ1v) is 20.2. The van der Waals surface area contributed by atoms with E-state index in [2.05, 4.69) is 240 Å². The Morgan fingerprint density at radius 2 is 0.845 bits per heavy atom. The Hall–Kier alpha value is -7.42. The van der Waals surface area contributed by atoms with E-state index < -0.39 is 0 Å². The fraction of sp³-hybridized carbons (Fsp3) is 0.0357. The molecule has 2 unspecified atom stereocenters. The third kappa shape index (κ3) is 5.98. The van der Waals surface area contributed by atoms with E-state index in [1.165, 1.54) is 83.5 Å². The van der Waals surface area contributed by atoms with Crippen LogP contribution in [0.15, 0.2) is 231 Å². The van der Waals surface area contributed by atoms with E-state index in [1.807, 2.05) is 0 Å². The summed E-state index contributed by atoms with van der Waals surface area (Å²) in [5, 5.41) is 1.25. The minimum atomic E-state index is 0.145. The summed E-state index contributed by atoms with van der Waals surface area (Å²) in [6, 6.07) is 75.0. The second kappa shape index (κ2) is 14.3. The molecule has 0 saturated heterocycles. The number of nitrogens with zero attached hydrogens (tertiary/aromatic N) is 2. The van der Waals surface area contributed by atoms with E-state index in [4.69, 9.17) is 0 Å². The molecule has 1 aromatic heterocycles. The van der Waals surface area contributed by atoms with Gasteiger partial charge in [0.15, 0.2) is 0 Å². The maximum absolute atomic E-state index is 2.57. The van der Waals surface area contributed by atoms with E-state index in [0.29, 0.717) is 0 Å². The van der Waals surface area contributed by atoms with Gasteiger partial charge in [0.1, 0.15) is 0 Å². The summed E-state index contributed by atoms with van der Waals surface area (Å²) in [7, 11) is 0. The van der Waals surface area contributed by atoms with Crippen LogP contribution in [0.1, 0.15) is 17.0 Å². The molecule has 1 aliphatic heterocycles. The zero-order valence-corrected chi connectivity index (χ0v) is 32.0. The standard InChI is InChI=1S/C56H40N2/c1-6-16-39(17-7-1)44-32-45(40-18-8-2-9-19-40)34-46(33-44)43-26-28-55-53(38-43)51-27-29-54-52(56(51)58(55)49-24-14-5-15-25-49)30-31-57(54)50-36-47(41-20-10-3-11-21-41)35-48(37-50)42-22-12-4-13-23-42/h1-38,53,55H. The highest BCUT2D eigenvalue weighted by Gasteiger charge is 2.40. The highest BCUT2D eigenvalue weighted by Crippen LogP contribution is 2.52. The Balaban J connectivity index is 1.06. The van der Waals surface area contributed by atoms with Crippen LogP contribution in [0.3, 0.4) is 0 Å². The van der Waals surface area contributed by atoms with E-state index in [0.717, 1.165) is 5.69 Å². The first kappa shape index (κ1) is 33.9. The third-order valence-corrected chi connectivity index (χ3v) is 11.9. The van der Waals surface area contributed by atoms with Crippen molar-refractivity contribution in [2.24, 2.45) is 0 Å². The van der Waals surface area contributed by atoms with Gasteiger partial charge < -0.3 is 9.47 Å². The Kier molecular flexibility index (Phi) is 8.33. The average molecular weight is 741 g/mol. The predicted molar refractivity (Wildman–Crippen MR) is 244 cm³/mol. The van der Waals surface area contributed by atoms with Gasteiger partial charge in [-0.1, -0.05) is 164 Å². The van der Waals surface area contributed by atoms with Crippen LogP contribution < -0.4 is 4.90 Å². The molecule has 2 heteroatoms. The molecular weight excluding hydrogens is 701 g/mol. The highest BCUT2D eigenvalue weighted by molar-refractivity contribution is 6.01. The van der Waals surface area contributed by atoms with Gasteiger partial charge in [0.05, 0.1) is 17.2 Å². The molecule has 58 heavy (non-hydrogen) atoms. The molecule has 0 fully saturated rings. The van der Waals surface area contributed by atoms with Crippen LogP contribution in [-0.4, -0.2) is 10.6 Å². The summed E-state index contributed by atoms with van der Waals surface area (Å²) in [5.74, 6) is 0.176. The smallest absolute Gasteiger partial charge is 0.0630 e. The predicted octanol–water partition coefficient (Wildman–Crippen LogP) is 14.6. The Morgan fingerprint density at radius 1 is 0.379 bits per heavy atom. The number of rotatable bonds is 7. The molecule has 9 aromatic rings. The number of benzene rings is 8. The average Bonchev–Trinajstić information content (AvgIpc) is 3.90. The van der Waals surface area contributed by atoms with Gasteiger partial charge >= 0.3 is 0 Å². The van der Waals surface area contributed by atoms with Gasteiger partial charge in [-0.05, 0) is 122 Å². The molecule has 274 valence electrons. The van der Waals surface area contributed by atoms with Crippen molar-refractivity contribution in [3.05, 3.63) is 242 Å². The molecule has 0 saturated carbocycles. The van der Waals surface area contributed by atoms with E-state index in [1.54, 1.807) is 0 Å². The van der Waals surface area contributed by atoms with Gasteiger partial charge in [0, 0.05) is 28.9 Å². The molecular formula is C56H40N2.